The van der Waals surface area contributed by atoms with Crippen LogP contribution in [0.1, 0.15) is 24.1 Å². The molecule has 1 heterocycles. The molecule has 0 N–H and O–H groups in total. The molecule has 1 aliphatic rings. The van der Waals surface area contributed by atoms with Crippen LogP contribution in [-0.4, -0.2) is 35.6 Å². The van der Waals surface area contributed by atoms with Gasteiger partial charge in [-0.15, -0.1) is 0 Å². The van der Waals surface area contributed by atoms with Gasteiger partial charge in [-0.3, -0.25) is 4.79 Å². The van der Waals surface area contributed by atoms with Gasteiger partial charge in [0.25, 0.3) is 0 Å². The first-order valence-corrected chi connectivity index (χ1v) is 8.23. The summed E-state index contributed by atoms with van der Waals surface area (Å²) in [4.78, 5) is 14.8. The van der Waals surface area contributed by atoms with E-state index in [4.69, 9.17) is 9.47 Å². The highest BCUT2D eigenvalue weighted by molar-refractivity contribution is 5.79. The molecule has 1 aliphatic carbocycles. The van der Waals surface area contributed by atoms with Crippen molar-refractivity contribution in [3.8, 4) is 11.5 Å². The van der Waals surface area contributed by atoms with Crippen LogP contribution in [0.4, 0.5) is 0 Å². The maximum atomic E-state index is 12.8. The Labute approximate surface area is 142 Å². The summed E-state index contributed by atoms with van der Waals surface area (Å²) in [5.74, 6) is 1.49. The van der Waals surface area contributed by atoms with Crippen LogP contribution in [0.25, 0.3) is 0 Å². The van der Waals surface area contributed by atoms with Crippen LogP contribution in [0, 0.1) is 0 Å². The van der Waals surface area contributed by atoms with Crippen molar-refractivity contribution in [2.75, 3.05) is 14.2 Å². The first-order chi connectivity index (χ1) is 11.6. The number of ether oxygens (including phenoxy) is 2. The van der Waals surface area contributed by atoms with Crippen molar-refractivity contribution in [3.63, 3.8) is 0 Å². The third kappa shape index (κ3) is 3.55. The van der Waals surface area contributed by atoms with E-state index < -0.39 is 0 Å². The van der Waals surface area contributed by atoms with Crippen LogP contribution < -0.4 is 9.47 Å². The van der Waals surface area contributed by atoms with Crippen LogP contribution in [-0.2, 0) is 24.8 Å². The molecule has 5 nitrogen and oxygen atoms in total. The molecular formula is C19H24N2O3. The number of carbonyl (C=O) groups is 1. The summed E-state index contributed by atoms with van der Waals surface area (Å²) in [6.45, 7) is 0.667. The predicted molar refractivity (Wildman–Crippen MR) is 92.2 cm³/mol. The molecule has 1 fully saturated rings. The van der Waals surface area contributed by atoms with E-state index in [1.807, 2.05) is 42.4 Å². The zero-order chi connectivity index (χ0) is 17.1. The van der Waals surface area contributed by atoms with Crippen LogP contribution in [0.5, 0.6) is 11.5 Å². The lowest BCUT2D eigenvalue weighted by Gasteiger charge is -2.23. The van der Waals surface area contributed by atoms with E-state index in [0.717, 1.165) is 24.1 Å². The molecule has 0 radical (unpaired) electrons. The minimum absolute atomic E-state index is 0.158. The maximum Gasteiger partial charge on any atom is 0.227 e. The number of amides is 1. The number of hydrogen-bond donors (Lipinski definition) is 0. The zero-order valence-electron chi connectivity index (χ0n) is 14.5. The number of nitrogens with zero attached hydrogens (tertiary/aromatic N) is 2. The third-order valence-corrected chi connectivity index (χ3v) is 4.49. The number of carbonyl (C=O) groups excluding carboxylic acids is 1. The predicted octanol–water partition coefficient (Wildman–Crippen LogP) is 2.78. The minimum Gasteiger partial charge on any atom is -0.493 e. The monoisotopic (exact) mass is 328 g/mol. The molecule has 0 saturated heterocycles. The molecule has 1 amide bonds. The van der Waals surface area contributed by atoms with Gasteiger partial charge in [0.1, 0.15) is 0 Å². The van der Waals surface area contributed by atoms with Gasteiger partial charge in [0.05, 0.1) is 27.2 Å². The fourth-order valence-electron chi connectivity index (χ4n) is 2.91. The van der Waals surface area contributed by atoms with E-state index in [9.17, 15) is 4.79 Å². The van der Waals surface area contributed by atoms with E-state index >= 15 is 0 Å². The van der Waals surface area contributed by atoms with E-state index in [1.54, 1.807) is 14.2 Å². The van der Waals surface area contributed by atoms with Gasteiger partial charge in [0, 0.05) is 25.0 Å². The molecular weight excluding hydrogens is 304 g/mol. The number of rotatable bonds is 7. The molecule has 2 aromatic rings. The molecule has 1 aromatic carbocycles. The van der Waals surface area contributed by atoms with Crippen LogP contribution >= 0.6 is 0 Å². The van der Waals surface area contributed by atoms with Gasteiger partial charge in [-0.1, -0.05) is 6.07 Å². The Morgan fingerprint density at radius 1 is 1.21 bits per heavy atom. The quantitative estimate of drug-likeness (QED) is 0.785. The fourth-order valence-corrected chi connectivity index (χ4v) is 2.91. The van der Waals surface area contributed by atoms with Gasteiger partial charge in [-0.2, -0.15) is 0 Å². The first kappa shape index (κ1) is 16.4. The molecule has 0 unspecified atom stereocenters. The SMILES string of the molecule is COc1ccc(CC(=O)N(Cc2cccn2C)C2CC2)cc1OC. The Kier molecular flexibility index (Phi) is 4.79. The van der Waals surface area contributed by atoms with Crippen molar-refractivity contribution in [1.29, 1.82) is 0 Å². The Bertz CT molecular complexity index is 719. The molecule has 0 bridgehead atoms. The molecule has 0 atom stereocenters. The third-order valence-electron chi connectivity index (χ3n) is 4.49. The van der Waals surface area contributed by atoms with Crippen LogP contribution in [0.15, 0.2) is 36.5 Å². The zero-order valence-corrected chi connectivity index (χ0v) is 14.5. The van der Waals surface area contributed by atoms with Gasteiger partial charge in [0.2, 0.25) is 5.91 Å². The van der Waals surface area contributed by atoms with Crippen molar-refractivity contribution >= 4 is 5.91 Å². The standard InChI is InChI=1S/C19H24N2O3/c1-20-10-4-5-16(20)13-21(15-7-8-15)19(22)12-14-6-9-17(23-2)18(11-14)24-3/h4-6,9-11,15H,7-8,12-13H2,1-3H3. The van der Waals surface area contributed by atoms with Crippen molar-refractivity contribution in [2.45, 2.75) is 31.8 Å². The summed E-state index contributed by atoms with van der Waals surface area (Å²) in [5.41, 5.74) is 2.10. The summed E-state index contributed by atoms with van der Waals surface area (Å²) in [5, 5.41) is 0. The van der Waals surface area contributed by atoms with Gasteiger partial charge >= 0.3 is 0 Å². The lowest BCUT2D eigenvalue weighted by molar-refractivity contribution is -0.131. The summed E-state index contributed by atoms with van der Waals surface area (Å²) in [6, 6.07) is 10.1. The van der Waals surface area contributed by atoms with Gasteiger partial charge in [-0.25, -0.2) is 0 Å². The maximum absolute atomic E-state index is 12.8. The molecule has 0 aliphatic heterocycles. The smallest absolute Gasteiger partial charge is 0.227 e. The largest absolute Gasteiger partial charge is 0.493 e. The summed E-state index contributed by atoms with van der Waals surface area (Å²) in [6.07, 6.45) is 4.59. The average Bonchev–Trinajstić information content (AvgIpc) is 3.35. The normalized spacial score (nSPS) is 13.6. The second-order valence-electron chi connectivity index (χ2n) is 6.23. The molecule has 3 rings (SSSR count). The second kappa shape index (κ2) is 6.99. The molecule has 5 heteroatoms. The second-order valence-corrected chi connectivity index (χ2v) is 6.23. The Morgan fingerprint density at radius 2 is 1.96 bits per heavy atom. The Morgan fingerprint density at radius 3 is 2.54 bits per heavy atom. The molecule has 1 saturated carbocycles. The fraction of sp³-hybridized carbons (Fsp3) is 0.421. The lowest BCUT2D eigenvalue weighted by atomic mass is 10.1. The lowest BCUT2D eigenvalue weighted by Crippen LogP contribution is -2.34. The van der Waals surface area contributed by atoms with E-state index in [2.05, 4.69) is 10.6 Å². The van der Waals surface area contributed by atoms with Crippen molar-refractivity contribution < 1.29 is 14.3 Å². The number of aromatic nitrogens is 1. The van der Waals surface area contributed by atoms with Crippen LogP contribution in [0.3, 0.4) is 0 Å². The Balaban J connectivity index is 1.73. The summed E-state index contributed by atoms with van der Waals surface area (Å²) >= 11 is 0. The van der Waals surface area contributed by atoms with Crippen LogP contribution in [0.2, 0.25) is 0 Å². The Hall–Kier alpha value is -2.43. The van der Waals surface area contributed by atoms with Crippen molar-refractivity contribution in [2.24, 2.45) is 7.05 Å². The average molecular weight is 328 g/mol. The topological polar surface area (TPSA) is 43.7 Å². The van der Waals surface area contributed by atoms with Gasteiger partial charge in [-0.05, 0) is 42.7 Å². The summed E-state index contributed by atoms with van der Waals surface area (Å²) in [7, 11) is 5.23. The number of methoxy groups -OCH3 is 2. The first-order valence-electron chi connectivity index (χ1n) is 8.23. The number of hydrogen-bond acceptors (Lipinski definition) is 3. The van der Waals surface area contributed by atoms with Crippen molar-refractivity contribution in [1.82, 2.24) is 9.47 Å². The number of aryl methyl sites for hydroxylation is 1. The van der Waals surface area contributed by atoms with E-state index in [1.165, 1.54) is 0 Å². The van der Waals surface area contributed by atoms with Crippen molar-refractivity contribution in [3.05, 3.63) is 47.8 Å². The highest BCUT2D eigenvalue weighted by Gasteiger charge is 2.32. The number of benzene rings is 1. The highest BCUT2D eigenvalue weighted by atomic mass is 16.5. The van der Waals surface area contributed by atoms with E-state index in [-0.39, 0.29) is 5.91 Å². The molecule has 24 heavy (non-hydrogen) atoms. The van der Waals surface area contributed by atoms with Gasteiger partial charge < -0.3 is 18.9 Å². The minimum atomic E-state index is 0.158. The summed E-state index contributed by atoms with van der Waals surface area (Å²) < 4.78 is 12.6. The molecule has 128 valence electrons. The molecule has 0 spiro atoms. The van der Waals surface area contributed by atoms with E-state index in [0.29, 0.717) is 30.5 Å². The molecule has 1 aromatic heterocycles. The highest BCUT2D eigenvalue weighted by Crippen LogP contribution is 2.31. The van der Waals surface area contributed by atoms with Gasteiger partial charge in [0.15, 0.2) is 11.5 Å².